The lowest BCUT2D eigenvalue weighted by Gasteiger charge is -2.22. The molecule has 0 radical (unpaired) electrons. The van der Waals surface area contributed by atoms with Crippen molar-refractivity contribution in [2.24, 2.45) is 0 Å². The van der Waals surface area contributed by atoms with Gasteiger partial charge < -0.3 is 15.2 Å². The Kier molecular flexibility index (Phi) is 4.75. The van der Waals surface area contributed by atoms with Crippen LogP contribution < -0.4 is 5.32 Å². The molecular weight excluding hydrogens is 274 g/mol. The third-order valence-corrected chi connectivity index (χ3v) is 4.39. The number of aliphatic hydroxyl groups is 1. The third kappa shape index (κ3) is 3.56. The molecule has 1 heterocycles. The van der Waals surface area contributed by atoms with Crippen LogP contribution in [0.15, 0.2) is 30.3 Å². The minimum atomic E-state index is -1.08. The second-order valence-electron chi connectivity index (χ2n) is 4.84. The van der Waals surface area contributed by atoms with Gasteiger partial charge >= 0.3 is 0 Å². The Morgan fingerprint density at radius 1 is 1.45 bits per heavy atom. The number of thiophene rings is 1. The quantitative estimate of drug-likeness (QED) is 0.859. The molecule has 2 N–H and O–H groups in total. The Morgan fingerprint density at radius 3 is 2.90 bits per heavy atom. The van der Waals surface area contributed by atoms with Gasteiger partial charge in [0.05, 0.1) is 6.54 Å². The van der Waals surface area contributed by atoms with E-state index in [9.17, 15) is 9.90 Å². The molecule has 20 heavy (non-hydrogen) atoms. The first-order valence-electron chi connectivity index (χ1n) is 6.59. The molecule has 1 aromatic carbocycles. The highest BCUT2D eigenvalue weighted by atomic mass is 32.1. The predicted molar refractivity (Wildman–Crippen MR) is 80.9 cm³/mol. The van der Waals surface area contributed by atoms with Gasteiger partial charge in [-0.1, -0.05) is 18.2 Å². The Hall–Kier alpha value is -1.43. The summed E-state index contributed by atoms with van der Waals surface area (Å²) in [7, 11) is 0. The molecule has 0 unspecified atom stereocenters. The molecule has 0 bridgehead atoms. The number of amides is 1. The van der Waals surface area contributed by atoms with Gasteiger partial charge in [-0.05, 0) is 31.4 Å². The molecule has 0 aliphatic heterocycles. The number of hydrogen-bond acceptors (Lipinski definition) is 4. The number of benzene rings is 1. The summed E-state index contributed by atoms with van der Waals surface area (Å²) in [4.78, 5) is 12.4. The zero-order valence-corrected chi connectivity index (χ0v) is 12.5. The van der Waals surface area contributed by atoms with Crippen molar-refractivity contribution in [3.63, 3.8) is 0 Å². The number of nitrogens with one attached hydrogen (secondary N) is 1. The first kappa shape index (κ1) is 15.0. The molecule has 1 atom stereocenters. The average Bonchev–Trinajstić information content (AvgIpc) is 2.87. The first-order chi connectivity index (χ1) is 9.53. The van der Waals surface area contributed by atoms with Gasteiger partial charge in [0.25, 0.3) is 0 Å². The maximum absolute atomic E-state index is 11.5. The van der Waals surface area contributed by atoms with Crippen LogP contribution in [0.3, 0.4) is 0 Å². The van der Waals surface area contributed by atoms with Gasteiger partial charge in [0.1, 0.15) is 12.2 Å². The number of ether oxygens (including phenoxy) is 1. The van der Waals surface area contributed by atoms with E-state index in [-0.39, 0.29) is 19.1 Å². The van der Waals surface area contributed by atoms with E-state index < -0.39 is 5.60 Å². The summed E-state index contributed by atoms with van der Waals surface area (Å²) in [6, 6.07) is 9.94. The van der Waals surface area contributed by atoms with Crippen LogP contribution in [0.2, 0.25) is 0 Å². The number of hydrogen-bond donors (Lipinski definition) is 2. The maximum Gasteiger partial charge on any atom is 0.246 e. The summed E-state index contributed by atoms with van der Waals surface area (Å²) in [6.07, 6.45) is 0. The van der Waals surface area contributed by atoms with Crippen molar-refractivity contribution in [1.29, 1.82) is 0 Å². The van der Waals surface area contributed by atoms with Gasteiger partial charge in [0.2, 0.25) is 5.91 Å². The number of rotatable bonds is 6. The number of carbonyl (C=O) groups is 1. The summed E-state index contributed by atoms with van der Waals surface area (Å²) in [5, 5.41) is 14.3. The van der Waals surface area contributed by atoms with Gasteiger partial charge in [-0.3, -0.25) is 4.79 Å². The fourth-order valence-corrected chi connectivity index (χ4v) is 2.96. The van der Waals surface area contributed by atoms with E-state index in [0.717, 1.165) is 15.0 Å². The molecule has 2 aromatic rings. The van der Waals surface area contributed by atoms with Crippen LogP contribution in [0.4, 0.5) is 0 Å². The lowest BCUT2D eigenvalue weighted by Crippen LogP contribution is -2.39. The van der Waals surface area contributed by atoms with Crippen LogP contribution in [-0.4, -0.2) is 30.8 Å². The lowest BCUT2D eigenvalue weighted by molar-refractivity contribution is -0.126. The van der Waals surface area contributed by atoms with Crippen LogP contribution in [0.5, 0.6) is 0 Å². The summed E-state index contributed by atoms with van der Waals surface area (Å²) in [6.45, 7) is 4.24. The molecule has 0 saturated carbocycles. The molecule has 0 aliphatic carbocycles. The molecule has 0 aliphatic rings. The standard InChI is InChI=1S/C15H19NO3S/c1-3-19-9-14(17)16-10-15(2,18)13-8-11-6-4-5-7-12(11)20-13/h4-8,18H,3,9-10H2,1-2H3,(H,16,17)/t15-/m1/s1. The molecule has 0 fully saturated rings. The van der Waals surface area contributed by atoms with Crippen molar-refractivity contribution in [2.75, 3.05) is 19.8 Å². The van der Waals surface area contributed by atoms with Gasteiger partial charge in [0.15, 0.2) is 0 Å². The van der Waals surface area contributed by atoms with Crippen LogP contribution in [-0.2, 0) is 15.1 Å². The molecule has 1 aromatic heterocycles. The van der Waals surface area contributed by atoms with Crippen LogP contribution in [0, 0.1) is 0 Å². The largest absolute Gasteiger partial charge is 0.383 e. The van der Waals surface area contributed by atoms with Gasteiger partial charge in [0, 0.05) is 16.2 Å². The highest BCUT2D eigenvalue weighted by Gasteiger charge is 2.26. The van der Waals surface area contributed by atoms with E-state index in [0.29, 0.717) is 6.61 Å². The minimum Gasteiger partial charge on any atom is -0.383 e. The van der Waals surface area contributed by atoms with E-state index in [1.165, 1.54) is 0 Å². The summed E-state index contributed by atoms with van der Waals surface area (Å²) >= 11 is 1.54. The van der Waals surface area contributed by atoms with Gasteiger partial charge in [-0.25, -0.2) is 0 Å². The highest BCUT2D eigenvalue weighted by Crippen LogP contribution is 2.32. The smallest absolute Gasteiger partial charge is 0.246 e. The third-order valence-electron chi connectivity index (χ3n) is 3.02. The molecule has 2 rings (SSSR count). The molecule has 0 spiro atoms. The van der Waals surface area contributed by atoms with Gasteiger partial charge in [-0.2, -0.15) is 0 Å². The fraction of sp³-hybridized carbons (Fsp3) is 0.400. The molecule has 0 saturated heterocycles. The topological polar surface area (TPSA) is 58.6 Å². The van der Waals surface area contributed by atoms with Crippen molar-refractivity contribution in [2.45, 2.75) is 19.4 Å². The van der Waals surface area contributed by atoms with E-state index in [4.69, 9.17) is 4.74 Å². The second-order valence-corrected chi connectivity index (χ2v) is 5.92. The Labute approximate surface area is 122 Å². The molecule has 5 heteroatoms. The summed E-state index contributed by atoms with van der Waals surface area (Å²) in [5.74, 6) is -0.215. The highest BCUT2D eigenvalue weighted by molar-refractivity contribution is 7.19. The fourth-order valence-electron chi connectivity index (χ4n) is 1.85. The van der Waals surface area contributed by atoms with E-state index in [1.807, 2.05) is 37.3 Å². The van der Waals surface area contributed by atoms with Gasteiger partial charge in [-0.15, -0.1) is 11.3 Å². The Balaban J connectivity index is 2.03. The van der Waals surface area contributed by atoms with E-state index >= 15 is 0 Å². The summed E-state index contributed by atoms with van der Waals surface area (Å²) < 4.78 is 6.15. The normalized spacial score (nSPS) is 14.2. The van der Waals surface area contributed by atoms with E-state index in [1.54, 1.807) is 18.3 Å². The second kappa shape index (κ2) is 6.35. The van der Waals surface area contributed by atoms with Crippen molar-refractivity contribution >= 4 is 27.3 Å². The van der Waals surface area contributed by atoms with Crippen molar-refractivity contribution < 1.29 is 14.6 Å². The first-order valence-corrected chi connectivity index (χ1v) is 7.40. The Bertz CT molecular complexity index is 559. The molecule has 4 nitrogen and oxygen atoms in total. The van der Waals surface area contributed by atoms with Crippen molar-refractivity contribution in [3.8, 4) is 0 Å². The SMILES string of the molecule is CCOCC(=O)NC[C@@](C)(O)c1cc2ccccc2s1. The predicted octanol–water partition coefficient (Wildman–Crippen LogP) is 2.26. The van der Waals surface area contributed by atoms with Crippen molar-refractivity contribution in [1.82, 2.24) is 5.32 Å². The zero-order chi connectivity index (χ0) is 14.6. The maximum atomic E-state index is 11.5. The monoisotopic (exact) mass is 293 g/mol. The van der Waals surface area contributed by atoms with Crippen molar-refractivity contribution in [3.05, 3.63) is 35.2 Å². The number of carbonyl (C=O) groups excluding carboxylic acids is 1. The zero-order valence-electron chi connectivity index (χ0n) is 11.7. The molecular formula is C15H19NO3S. The Morgan fingerprint density at radius 2 is 2.20 bits per heavy atom. The van der Waals surface area contributed by atoms with E-state index in [2.05, 4.69) is 5.32 Å². The number of fused-ring (bicyclic) bond motifs is 1. The lowest BCUT2D eigenvalue weighted by atomic mass is 10.0. The van der Waals surface area contributed by atoms with Crippen LogP contribution >= 0.6 is 11.3 Å². The average molecular weight is 293 g/mol. The molecule has 1 amide bonds. The summed E-state index contributed by atoms with van der Waals surface area (Å²) in [5.41, 5.74) is -1.08. The molecule has 108 valence electrons. The van der Waals surface area contributed by atoms with Crippen LogP contribution in [0.1, 0.15) is 18.7 Å². The van der Waals surface area contributed by atoms with Crippen LogP contribution in [0.25, 0.3) is 10.1 Å². The minimum absolute atomic E-state index is 0.0268.